The summed E-state index contributed by atoms with van der Waals surface area (Å²) in [4.78, 5) is 26.1. The Hall–Kier alpha value is -2.42. The summed E-state index contributed by atoms with van der Waals surface area (Å²) in [6.45, 7) is 1.75. The van der Waals surface area contributed by atoms with Crippen molar-refractivity contribution in [2.45, 2.75) is 13.0 Å². The smallest absolute Gasteiger partial charge is 0.254 e. The van der Waals surface area contributed by atoms with Crippen LogP contribution in [0.1, 0.15) is 27.6 Å². The summed E-state index contributed by atoms with van der Waals surface area (Å²) < 4.78 is 0. The molecule has 1 atom stereocenters. The van der Waals surface area contributed by atoms with Gasteiger partial charge in [0.1, 0.15) is 0 Å². The maximum absolute atomic E-state index is 12.3. The summed E-state index contributed by atoms with van der Waals surface area (Å²) in [6.07, 6.45) is 0. The Morgan fingerprint density at radius 1 is 0.850 bits per heavy atom. The monoisotopic (exact) mass is 267 g/mol. The SMILES string of the molecule is C[C@H](C(=O)c1ccccc1)N(C)C(=O)c1ccccc1. The molecule has 1 amide bonds. The van der Waals surface area contributed by atoms with Gasteiger partial charge < -0.3 is 4.90 Å². The second kappa shape index (κ2) is 6.15. The van der Waals surface area contributed by atoms with Crippen molar-refractivity contribution in [3.05, 3.63) is 71.8 Å². The molecule has 2 rings (SSSR count). The zero-order chi connectivity index (χ0) is 14.5. The number of hydrogen-bond acceptors (Lipinski definition) is 2. The van der Waals surface area contributed by atoms with Crippen LogP contribution in [0.3, 0.4) is 0 Å². The Morgan fingerprint density at radius 3 is 1.80 bits per heavy atom. The van der Waals surface area contributed by atoms with Crippen LogP contribution < -0.4 is 0 Å². The minimum Gasteiger partial charge on any atom is -0.332 e. The summed E-state index contributed by atoms with van der Waals surface area (Å²) in [5.74, 6) is -0.209. The lowest BCUT2D eigenvalue weighted by molar-refractivity contribution is 0.0675. The quantitative estimate of drug-likeness (QED) is 0.798. The lowest BCUT2D eigenvalue weighted by Gasteiger charge is -2.24. The number of nitrogens with zero attached hydrogens (tertiary/aromatic N) is 1. The first-order chi connectivity index (χ1) is 9.61. The van der Waals surface area contributed by atoms with Crippen molar-refractivity contribution in [1.82, 2.24) is 4.90 Å². The van der Waals surface area contributed by atoms with E-state index in [9.17, 15) is 9.59 Å². The summed E-state index contributed by atoms with van der Waals surface area (Å²) >= 11 is 0. The third-order valence-corrected chi connectivity index (χ3v) is 3.36. The van der Waals surface area contributed by atoms with Gasteiger partial charge in [-0.15, -0.1) is 0 Å². The number of Topliss-reactive ketones (excluding diaryl/α,β-unsaturated/α-hetero) is 1. The first-order valence-electron chi connectivity index (χ1n) is 6.52. The molecule has 0 saturated carbocycles. The number of ketones is 1. The zero-order valence-electron chi connectivity index (χ0n) is 11.6. The molecule has 0 aromatic heterocycles. The largest absolute Gasteiger partial charge is 0.332 e. The lowest BCUT2D eigenvalue weighted by atomic mass is 10.0. The van der Waals surface area contributed by atoms with Gasteiger partial charge in [0.05, 0.1) is 6.04 Å². The third kappa shape index (κ3) is 2.94. The summed E-state index contributed by atoms with van der Waals surface area (Å²) in [5.41, 5.74) is 1.20. The van der Waals surface area contributed by atoms with Crippen LogP contribution in [-0.2, 0) is 0 Å². The summed E-state index contributed by atoms with van der Waals surface area (Å²) in [5, 5.41) is 0. The molecule has 3 nitrogen and oxygen atoms in total. The van der Waals surface area contributed by atoms with E-state index in [1.807, 2.05) is 36.4 Å². The van der Waals surface area contributed by atoms with E-state index in [4.69, 9.17) is 0 Å². The van der Waals surface area contributed by atoms with Crippen molar-refractivity contribution in [2.75, 3.05) is 7.05 Å². The standard InChI is InChI=1S/C17H17NO2/c1-13(16(19)14-9-5-3-6-10-14)18(2)17(20)15-11-7-4-8-12-15/h3-13H,1-2H3/t13-/m1/s1. The van der Waals surface area contributed by atoms with Crippen LogP contribution in [0.15, 0.2) is 60.7 Å². The van der Waals surface area contributed by atoms with Gasteiger partial charge >= 0.3 is 0 Å². The van der Waals surface area contributed by atoms with E-state index >= 15 is 0 Å². The molecule has 2 aromatic rings. The fourth-order valence-corrected chi connectivity index (χ4v) is 1.98. The normalized spacial score (nSPS) is 11.7. The molecule has 102 valence electrons. The Bertz CT molecular complexity index is 537. The van der Waals surface area contributed by atoms with E-state index in [0.29, 0.717) is 11.1 Å². The number of carbonyl (C=O) groups is 2. The molecule has 0 N–H and O–H groups in total. The van der Waals surface area contributed by atoms with E-state index in [2.05, 4.69) is 0 Å². The van der Waals surface area contributed by atoms with E-state index in [1.165, 1.54) is 4.90 Å². The fraction of sp³-hybridized carbons (Fsp3) is 0.176. The number of hydrogen-bond donors (Lipinski definition) is 0. The topological polar surface area (TPSA) is 37.4 Å². The highest BCUT2D eigenvalue weighted by molar-refractivity contribution is 6.03. The van der Waals surface area contributed by atoms with Crippen molar-refractivity contribution < 1.29 is 9.59 Å². The van der Waals surface area contributed by atoms with Crippen LogP contribution in [-0.4, -0.2) is 29.7 Å². The van der Waals surface area contributed by atoms with E-state index in [-0.39, 0.29) is 11.7 Å². The van der Waals surface area contributed by atoms with E-state index in [1.54, 1.807) is 38.2 Å². The van der Waals surface area contributed by atoms with E-state index < -0.39 is 6.04 Å². The average Bonchev–Trinajstić information content (AvgIpc) is 2.53. The Kier molecular flexibility index (Phi) is 4.31. The highest BCUT2D eigenvalue weighted by Gasteiger charge is 2.23. The molecule has 0 aliphatic rings. The van der Waals surface area contributed by atoms with Crippen LogP contribution >= 0.6 is 0 Å². The molecule has 0 unspecified atom stereocenters. The van der Waals surface area contributed by atoms with Crippen LogP contribution in [0.4, 0.5) is 0 Å². The summed E-state index contributed by atoms with van der Waals surface area (Å²) in [7, 11) is 1.65. The maximum Gasteiger partial charge on any atom is 0.254 e. The van der Waals surface area contributed by atoms with Gasteiger partial charge in [-0.1, -0.05) is 48.5 Å². The molecule has 3 heteroatoms. The van der Waals surface area contributed by atoms with Crippen molar-refractivity contribution in [3.8, 4) is 0 Å². The number of likely N-dealkylation sites (N-methyl/N-ethyl adjacent to an activating group) is 1. The van der Waals surface area contributed by atoms with Crippen molar-refractivity contribution >= 4 is 11.7 Å². The predicted molar refractivity (Wildman–Crippen MR) is 78.8 cm³/mol. The van der Waals surface area contributed by atoms with Gasteiger partial charge in [-0.3, -0.25) is 9.59 Å². The average molecular weight is 267 g/mol. The van der Waals surface area contributed by atoms with Crippen LogP contribution in [0.25, 0.3) is 0 Å². The highest BCUT2D eigenvalue weighted by atomic mass is 16.2. The molecule has 0 aliphatic heterocycles. The molecule has 0 fully saturated rings. The number of rotatable bonds is 4. The van der Waals surface area contributed by atoms with Crippen molar-refractivity contribution in [1.29, 1.82) is 0 Å². The molecule has 2 aromatic carbocycles. The Morgan fingerprint density at radius 2 is 1.30 bits per heavy atom. The number of amides is 1. The van der Waals surface area contributed by atoms with Crippen LogP contribution in [0.2, 0.25) is 0 Å². The molecule has 0 bridgehead atoms. The van der Waals surface area contributed by atoms with E-state index in [0.717, 1.165) is 0 Å². The fourth-order valence-electron chi connectivity index (χ4n) is 1.98. The van der Waals surface area contributed by atoms with Gasteiger partial charge in [-0.25, -0.2) is 0 Å². The first-order valence-corrected chi connectivity index (χ1v) is 6.52. The molecule has 0 heterocycles. The van der Waals surface area contributed by atoms with Crippen LogP contribution in [0, 0.1) is 0 Å². The van der Waals surface area contributed by atoms with Gasteiger partial charge in [0, 0.05) is 18.2 Å². The van der Waals surface area contributed by atoms with Gasteiger partial charge in [0.15, 0.2) is 5.78 Å². The lowest BCUT2D eigenvalue weighted by Crippen LogP contribution is -2.40. The molecule has 20 heavy (non-hydrogen) atoms. The second-order valence-corrected chi connectivity index (χ2v) is 4.69. The van der Waals surface area contributed by atoms with Crippen molar-refractivity contribution in [3.63, 3.8) is 0 Å². The number of benzene rings is 2. The van der Waals surface area contributed by atoms with Crippen LogP contribution in [0.5, 0.6) is 0 Å². The molecule has 0 saturated heterocycles. The Balaban J connectivity index is 2.15. The third-order valence-electron chi connectivity index (χ3n) is 3.36. The van der Waals surface area contributed by atoms with Crippen molar-refractivity contribution in [2.24, 2.45) is 0 Å². The minimum absolute atomic E-state index is 0.0580. The van der Waals surface area contributed by atoms with Gasteiger partial charge in [0.2, 0.25) is 0 Å². The second-order valence-electron chi connectivity index (χ2n) is 4.69. The van der Waals surface area contributed by atoms with Gasteiger partial charge in [0.25, 0.3) is 5.91 Å². The highest BCUT2D eigenvalue weighted by Crippen LogP contribution is 2.11. The Labute approximate surface area is 118 Å². The van der Waals surface area contributed by atoms with Gasteiger partial charge in [-0.2, -0.15) is 0 Å². The first kappa shape index (κ1) is 14.0. The predicted octanol–water partition coefficient (Wildman–Crippen LogP) is 3.03. The maximum atomic E-state index is 12.3. The molecule has 0 radical (unpaired) electrons. The summed E-state index contributed by atoms with van der Waals surface area (Å²) in [6, 6.07) is 17.5. The van der Waals surface area contributed by atoms with Gasteiger partial charge in [-0.05, 0) is 19.1 Å². The molecule has 0 aliphatic carbocycles. The zero-order valence-corrected chi connectivity index (χ0v) is 11.6. The molecular formula is C17H17NO2. The molecular weight excluding hydrogens is 250 g/mol. The molecule has 0 spiro atoms. The minimum atomic E-state index is -0.495. The number of carbonyl (C=O) groups excluding carboxylic acids is 2.